The molecular weight excluding hydrogens is 402 g/mol. The topological polar surface area (TPSA) is 22.1 Å². The van der Waals surface area contributed by atoms with Gasteiger partial charge in [-0.3, -0.25) is 0 Å². The third kappa shape index (κ3) is 4.04. The Morgan fingerprint density at radius 3 is 2.17 bits per heavy atom. The molecular formula is C8H3ClF6INO. The molecule has 0 aliphatic rings. The predicted molar refractivity (Wildman–Crippen MR) is 58.2 cm³/mol. The molecule has 2 nitrogen and oxygen atoms in total. The van der Waals surface area contributed by atoms with Gasteiger partial charge in [0.25, 0.3) is 0 Å². The summed E-state index contributed by atoms with van der Waals surface area (Å²) in [5.41, 5.74) is -1.72. The lowest BCUT2D eigenvalue weighted by Crippen LogP contribution is -2.22. The third-order valence-corrected chi connectivity index (χ3v) is 2.85. The summed E-state index contributed by atoms with van der Waals surface area (Å²) in [6, 6.07) is 0.506. The van der Waals surface area contributed by atoms with Crippen LogP contribution in [0.4, 0.5) is 26.3 Å². The van der Waals surface area contributed by atoms with Crippen molar-refractivity contribution < 1.29 is 31.1 Å². The number of ether oxygens (including phenoxy) is 1. The Labute approximate surface area is 115 Å². The third-order valence-electron chi connectivity index (χ3n) is 1.66. The molecule has 1 aromatic rings. The molecule has 0 saturated heterocycles. The summed E-state index contributed by atoms with van der Waals surface area (Å²) in [4.78, 5) is 3.14. The number of hydrogen-bond donors (Lipinski definition) is 0. The zero-order chi connectivity index (χ0) is 14.1. The number of pyridine rings is 1. The maximum Gasteiger partial charge on any atom is 0.574 e. The molecule has 0 aromatic carbocycles. The van der Waals surface area contributed by atoms with E-state index < -0.39 is 24.0 Å². The second-order valence-electron chi connectivity index (χ2n) is 2.95. The Hall–Kier alpha value is -0.450. The molecule has 0 spiro atoms. The first kappa shape index (κ1) is 15.6. The minimum absolute atomic E-state index is 0.00412. The fraction of sp³-hybridized carbons (Fsp3) is 0.375. The highest BCUT2D eigenvalue weighted by molar-refractivity contribution is 14.1. The van der Waals surface area contributed by atoms with Crippen molar-refractivity contribution in [2.45, 2.75) is 18.4 Å². The average molecular weight is 405 g/mol. The molecule has 1 heterocycles. The van der Waals surface area contributed by atoms with E-state index in [0.717, 1.165) is 0 Å². The SMILES string of the molecule is FC(F)(F)Oc1nc(CCl)c(I)cc1C(F)(F)F. The highest BCUT2D eigenvalue weighted by Gasteiger charge is 2.41. The Balaban J connectivity index is 3.35. The van der Waals surface area contributed by atoms with Crippen LogP contribution in [0.5, 0.6) is 5.88 Å². The van der Waals surface area contributed by atoms with Gasteiger partial charge in [-0.15, -0.1) is 24.8 Å². The molecule has 1 rings (SSSR count). The normalized spacial score (nSPS) is 12.7. The Kier molecular flexibility index (Phi) is 4.57. The van der Waals surface area contributed by atoms with E-state index in [9.17, 15) is 26.3 Å². The molecule has 102 valence electrons. The second-order valence-corrected chi connectivity index (χ2v) is 4.38. The lowest BCUT2D eigenvalue weighted by atomic mass is 10.2. The van der Waals surface area contributed by atoms with Crippen molar-refractivity contribution in [3.8, 4) is 5.88 Å². The molecule has 0 radical (unpaired) electrons. The van der Waals surface area contributed by atoms with E-state index in [1.807, 2.05) is 0 Å². The first-order chi connectivity index (χ1) is 8.04. The Morgan fingerprint density at radius 1 is 1.22 bits per heavy atom. The fourth-order valence-corrected chi connectivity index (χ4v) is 2.04. The van der Waals surface area contributed by atoms with Gasteiger partial charge in [0, 0.05) is 3.57 Å². The first-order valence-electron chi connectivity index (χ1n) is 4.13. The molecule has 0 bridgehead atoms. The van der Waals surface area contributed by atoms with Gasteiger partial charge < -0.3 is 4.74 Å². The van der Waals surface area contributed by atoms with E-state index in [0.29, 0.717) is 6.07 Å². The van der Waals surface area contributed by atoms with Crippen LogP contribution in [0.3, 0.4) is 0 Å². The molecule has 1 aromatic heterocycles. The minimum atomic E-state index is -5.26. The predicted octanol–water partition coefficient (Wildman–Crippen LogP) is 4.34. The van der Waals surface area contributed by atoms with Crippen LogP contribution in [0.25, 0.3) is 0 Å². The Morgan fingerprint density at radius 2 is 1.78 bits per heavy atom. The van der Waals surface area contributed by atoms with Gasteiger partial charge in [-0.25, -0.2) is 4.98 Å². The van der Waals surface area contributed by atoms with Crippen molar-refractivity contribution in [3.63, 3.8) is 0 Å². The van der Waals surface area contributed by atoms with Crippen molar-refractivity contribution in [1.29, 1.82) is 0 Å². The smallest absolute Gasteiger partial charge is 0.387 e. The standard InChI is InChI=1S/C8H3ClF6INO/c9-2-5-4(16)1-3(7(10,11)12)6(17-5)18-8(13,14)15/h1H,2H2. The van der Waals surface area contributed by atoms with Gasteiger partial charge in [0.15, 0.2) is 0 Å². The molecule has 0 amide bonds. The lowest BCUT2D eigenvalue weighted by molar-refractivity contribution is -0.277. The second kappa shape index (κ2) is 5.27. The van der Waals surface area contributed by atoms with Crippen molar-refractivity contribution in [1.82, 2.24) is 4.98 Å². The number of halogens is 8. The molecule has 0 saturated carbocycles. The average Bonchev–Trinajstić information content (AvgIpc) is 2.16. The van der Waals surface area contributed by atoms with Crippen molar-refractivity contribution in [3.05, 3.63) is 20.9 Å². The van der Waals surface area contributed by atoms with E-state index in [1.165, 1.54) is 22.6 Å². The van der Waals surface area contributed by atoms with Crippen LogP contribution in [-0.2, 0) is 12.1 Å². The van der Waals surface area contributed by atoms with Gasteiger partial charge >= 0.3 is 12.5 Å². The van der Waals surface area contributed by atoms with Crippen molar-refractivity contribution >= 4 is 34.2 Å². The summed E-state index contributed by atoms with van der Waals surface area (Å²) in [6.45, 7) is 0. The highest BCUT2D eigenvalue weighted by atomic mass is 127. The molecule has 0 atom stereocenters. The summed E-state index contributed by atoms with van der Waals surface area (Å²) < 4.78 is 76.8. The van der Waals surface area contributed by atoms with Crippen LogP contribution >= 0.6 is 34.2 Å². The monoisotopic (exact) mass is 405 g/mol. The van der Waals surface area contributed by atoms with E-state index in [1.54, 1.807) is 0 Å². The van der Waals surface area contributed by atoms with E-state index >= 15 is 0 Å². The zero-order valence-electron chi connectivity index (χ0n) is 8.16. The van der Waals surface area contributed by atoms with Crippen molar-refractivity contribution in [2.24, 2.45) is 0 Å². The summed E-state index contributed by atoms with van der Waals surface area (Å²) in [5, 5.41) is 0. The summed E-state index contributed by atoms with van der Waals surface area (Å²) in [5.74, 6) is -1.88. The van der Waals surface area contributed by atoms with E-state index in [2.05, 4.69) is 9.72 Å². The Bertz CT molecular complexity index is 446. The van der Waals surface area contributed by atoms with Gasteiger partial charge in [0.05, 0.1) is 11.6 Å². The largest absolute Gasteiger partial charge is 0.574 e. The molecule has 0 fully saturated rings. The first-order valence-corrected chi connectivity index (χ1v) is 5.74. The molecule has 10 heteroatoms. The van der Waals surface area contributed by atoms with Gasteiger partial charge in [0.1, 0.15) is 5.56 Å². The van der Waals surface area contributed by atoms with Gasteiger partial charge in [0.2, 0.25) is 5.88 Å². The number of aromatic nitrogens is 1. The molecule has 18 heavy (non-hydrogen) atoms. The lowest BCUT2D eigenvalue weighted by Gasteiger charge is -2.15. The van der Waals surface area contributed by atoms with Crippen molar-refractivity contribution in [2.75, 3.05) is 0 Å². The van der Waals surface area contributed by atoms with Crippen LogP contribution in [0.15, 0.2) is 6.07 Å². The number of nitrogens with zero attached hydrogens (tertiary/aromatic N) is 1. The van der Waals surface area contributed by atoms with Gasteiger partial charge in [-0.1, -0.05) is 0 Å². The van der Waals surface area contributed by atoms with E-state index in [-0.39, 0.29) is 15.1 Å². The number of alkyl halides is 7. The van der Waals surface area contributed by atoms with Crippen LogP contribution < -0.4 is 4.74 Å². The summed E-state index contributed by atoms with van der Waals surface area (Å²) in [6.07, 6.45) is -10.3. The number of rotatable bonds is 2. The minimum Gasteiger partial charge on any atom is -0.387 e. The molecule has 0 N–H and O–H groups in total. The van der Waals surface area contributed by atoms with Crippen LogP contribution in [0.1, 0.15) is 11.3 Å². The summed E-state index contributed by atoms with van der Waals surface area (Å²) in [7, 11) is 0. The fourth-order valence-electron chi connectivity index (χ4n) is 0.992. The highest BCUT2D eigenvalue weighted by Crippen LogP contribution is 2.38. The van der Waals surface area contributed by atoms with Gasteiger partial charge in [-0.2, -0.15) is 13.2 Å². The maximum atomic E-state index is 12.5. The van der Waals surface area contributed by atoms with Crippen LogP contribution in [0, 0.1) is 3.57 Å². The van der Waals surface area contributed by atoms with Crippen LogP contribution in [-0.4, -0.2) is 11.3 Å². The van der Waals surface area contributed by atoms with Crippen LogP contribution in [0.2, 0.25) is 0 Å². The maximum absolute atomic E-state index is 12.5. The van der Waals surface area contributed by atoms with E-state index in [4.69, 9.17) is 11.6 Å². The molecule has 0 unspecified atom stereocenters. The van der Waals surface area contributed by atoms with Gasteiger partial charge in [-0.05, 0) is 28.7 Å². The summed E-state index contributed by atoms with van der Waals surface area (Å²) >= 11 is 6.85. The number of hydrogen-bond acceptors (Lipinski definition) is 2. The molecule has 0 aliphatic heterocycles. The quantitative estimate of drug-likeness (QED) is 0.415. The zero-order valence-corrected chi connectivity index (χ0v) is 11.1. The molecule has 0 aliphatic carbocycles.